The highest BCUT2D eigenvalue weighted by Gasteiger charge is 2.05. The van der Waals surface area contributed by atoms with E-state index in [2.05, 4.69) is 4.74 Å². The van der Waals surface area contributed by atoms with Crippen molar-refractivity contribution in [2.45, 2.75) is 6.10 Å². The Morgan fingerprint density at radius 2 is 1.93 bits per heavy atom. The molecule has 0 saturated heterocycles. The van der Waals surface area contributed by atoms with Gasteiger partial charge in [0, 0.05) is 13.2 Å². The standard InChI is InChI=1S/C12H14O3/c1-14-11(8-9-12(13)15-2)10-6-4-3-5-7-10/h3-9,11H,1-2H3/b9-8+/t11-/m0/s1. The highest BCUT2D eigenvalue weighted by Crippen LogP contribution is 2.17. The van der Waals surface area contributed by atoms with Crippen LogP contribution in [0.4, 0.5) is 0 Å². The number of hydrogen-bond donors (Lipinski definition) is 0. The maximum Gasteiger partial charge on any atom is 0.330 e. The first-order chi connectivity index (χ1) is 7.27. The SMILES string of the molecule is COC(=O)/C=C/[C@H](OC)c1ccccc1. The van der Waals surface area contributed by atoms with E-state index in [1.54, 1.807) is 13.2 Å². The maximum absolute atomic E-state index is 10.9. The number of methoxy groups -OCH3 is 2. The van der Waals surface area contributed by atoms with Crippen LogP contribution in [0.15, 0.2) is 42.5 Å². The molecular weight excluding hydrogens is 192 g/mol. The van der Waals surface area contributed by atoms with E-state index in [9.17, 15) is 4.79 Å². The van der Waals surface area contributed by atoms with Crippen molar-refractivity contribution in [3.63, 3.8) is 0 Å². The van der Waals surface area contributed by atoms with E-state index in [1.165, 1.54) is 13.2 Å². The summed E-state index contributed by atoms with van der Waals surface area (Å²) in [4.78, 5) is 10.9. The predicted molar refractivity (Wildman–Crippen MR) is 57.3 cm³/mol. The molecule has 1 rings (SSSR count). The molecule has 0 aliphatic heterocycles. The normalized spacial score (nSPS) is 12.7. The summed E-state index contributed by atoms with van der Waals surface area (Å²) in [5.74, 6) is -0.381. The van der Waals surface area contributed by atoms with Gasteiger partial charge in [-0.2, -0.15) is 0 Å². The van der Waals surface area contributed by atoms with E-state index in [0.717, 1.165) is 5.56 Å². The van der Waals surface area contributed by atoms with Crippen molar-refractivity contribution in [3.8, 4) is 0 Å². The molecule has 3 heteroatoms. The summed E-state index contributed by atoms with van der Waals surface area (Å²) in [6.07, 6.45) is 2.81. The van der Waals surface area contributed by atoms with Crippen LogP contribution < -0.4 is 0 Å². The summed E-state index contributed by atoms with van der Waals surface area (Å²) in [7, 11) is 2.94. The van der Waals surface area contributed by atoms with Crippen molar-refractivity contribution in [2.75, 3.05) is 14.2 Å². The smallest absolute Gasteiger partial charge is 0.330 e. The van der Waals surface area contributed by atoms with E-state index in [4.69, 9.17) is 4.74 Å². The minimum atomic E-state index is -0.381. The van der Waals surface area contributed by atoms with Gasteiger partial charge in [-0.3, -0.25) is 0 Å². The minimum Gasteiger partial charge on any atom is -0.466 e. The average Bonchev–Trinajstić information content (AvgIpc) is 2.31. The number of benzene rings is 1. The second-order valence-corrected chi connectivity index (χ2v) is 2.95. The summed E-state index contributed by atoms with van der Waals surface area (Å²) in [5.41, 5.74) is 1.00. The van der Waals surface area contributed by atoms with Gasteiger partial charge in [0.2, 0.25) is 0 Å². The molecule has 1 atom stereocenters. The Morgan fingerprint density at radius 1 is 1.27 bits per heavy atom. The highest BCUT2D eigenvalue weighted by molar-refractivity contribution is 5.81. The maximum atomic E-state index is 10.9. The Bertz CT molecular complexity index is 330. The zero-order valence-corrected chi connectivity index (χ0v) is 8.84. The molecule has 0 aliphatic rings. The topological polar surface area (TPSA) is 35.5 Å². The van der Waals surface area contributed by atoms with E-state index in [-0.39, 0.29) is 12.1 Å². The van der Waals surface area contributed by atoms with Crippen LogP contribution in [0.2, 0.25) is 0 Å². The Balaban J connectivity index is 2.73. The molecular formula is C12H14O3. The van der Waals surface area contributed by atoms with Gasteiger partial charge in [-0.05, 0) is 11.6 Å². The van der Waals surface area contributed by atoms with Crippen LogP contribution in [0, 0.1) is 0 Å². The molecule has 0 heterocycles. The zero-order chi connectivity index (χ0) is 11.1. The van der Waals surface area contributed by atoms with Gasteiger partial charge in [0.1, 0.15) is 6.10 Å². The molecule has 3 nitrogen and oxygen atoms in total. The minimum absolute atomic E-state index is 0.217. The molecule has 0 fully saturated rings. The third-order valence-corrected chi connectivity index (χ3v) is 1.99. The largest absolute Gasteiger partial charge is 0.466 e. The molecule has 0 bridgehead atoms. The van der Waals surface area contributed by atoms with Crippen molar-refractivity contribution in [1.82, 2.24) is 0 Å². The van der Waals surface area contributed by atoms with Crippen molar-refractivity contribution in [2.24, 2.45) is 0 Å². The Kier molecular flexibility index (Phi) is 4.57. The lowest BCUT2D eigenvalue weighted by atomic mass is 10.1. The molecule has 15 heavy (non-hydrogen) atoms. The number of hydrogen-bond acceptors (Lipinski definition) is 3. The van der Waals surface area contributed by atoms with Gasteiger partial charge < -0.3 is 9.47 Å². The van der Waals surface area contributed by atoms with Crippen LogP contribution in [0.25, 0.3) is 0 Å². The number of ether oxygens (including phenoxy) is 2. The van der Waals surface area contributed by atoms with Gasteiger partial charge >= 0.3 is 5.97 Å². The third-order valence-electron chi connectivity index (χ3n) is 1.99. The first-order valence-corrected chi connectivity index (χ1v) is 4.62. The first kappa shape index (κ1) is 11.5. The van der Waals surface area contributed by atoms with Crippen molar-refractivity contribution in [1.29, 1.82) is 0 Å². The molecule has 0 unspecified atom stereocenters. The average molecular weight is 206 g/mol. The molecule has 0 aliphatic carbocycles. The van der Waals surface area contributed by atoms with Crippen molar-refractivity contribution < 1.29 is 14.3 Å². The lowest BCUT2D eigenvalue weighted by Crippen LogP contribution is -2.00. The second kappa shape index (κ2) is 5.98. The zero-order valence-electron chi connectivity index (χ0n) is 8.84. The molecule has 0 N–H and O–H groups in total. The molecule has 0 spiro atoms. The fourth-order valence-corrected chi connectivity index (χ4v) is 1.20. The van der Waals surface area contributed by atoms with Gasteiger partial charge in [-0.15, -0.1) is 0 Å². The van der Waals surface area contributed by atoms with E-state index in [0.29, 0.717) is 0 Å². The Hall–Kier alpha value is -1.61. The lowest BCUT2D eigenvalue weighted by Gasteiger charge is -2.10. The predicted octanol–water partition coefficient (Wildman–Crippen LogP) is 2.10. The van der Waals surface area contributed by atoms with Crippen LogP contribution >= 0.6 is 0 Å². The molecule has 0 amide bonds. The van der Waals surface area contributed by atoms with Gasteiger partial charge in [0.15, 0.2) is 0 Å². The molecule has 1 aromatic rings. The quantitative estimate of drug-likeness (QED) is 0.559. The van der Waals surface area contributed by atoms with Crippen molar-refractivity contribution in [3.05, 3.63) is 48.0 Å². The molecule has 0 radical (unpaired) electrons. The van der Waals surface area contributed by atoms with Crippen molar-refractivity contribution >= 4 is 5.97 Å². The Labute approximate surface area is 89.3 Å². The fraction of sp³-hybridized carbons (Fsp3) is 0.250. The van der Waals surface area contributed by atoms with Crippen LogP contribution in [0.3, 0.4) is 0 Å². The number of rotatable bonds is 4. The summed E-state index contributed by atoms with van der Waals surface area (Å²) in [6.45, 7) is 0. The highest BCUT2D eigenvalue weighted by atomic mass is 16.5. The van der Waals surface area contributed by atoms with Gasteiger partial charge in [-0.1, -0.05) is 30.3 Å². The van der Waals surface area contributed by atoms with E-state index in [1.807, 2.05) is 30.3 Å². The molecule has 0 saturated carbocycles. The van der Waals surface area contributed by atoms with Gasteiger partial charge in [0.25, 0.3) is 0 Å². The van der Waals surface area contributed by atoms with E-state index < -0.39 is 0 Å². The first-order valence-electron chi connectivity index (χ1n) is 4.62. The van der Waals surface area contributed by atoms with Crippen LogP contribution in [-0.2, 0) is 14.3 Å². The van der Waals surface area contributed by atoms with E-state index >= 15 is 0 Å². The third kappa shape index (κ3) is 3.56. The summed E-state index contributed by atoms with van der Waals surface area (Å²) >= 11 is 0. The molecule has 80 valence electrons. The number of carbonyl (C=O) groups excluding carboxylic acids is 1. The summed E-state index contributed by atoms with van der Waals surface area (Å²) in [6, 6.07) is 9.66. The lowest BCUT2D eigenvalue weighted by molar-refractivity contribution is -0.134. The Morgan fingerprint density at radius 3 is 2.47 bits per heavy atom. The molecule has 1 aromatic carbocycles. The summed E-state index contributed by atoms with van der Waals surface area (Å²) in [5, 5.41) is 0. The monoisotopic (exact) mass is 206 g/mol. The van der Waals surface area contributed by atoms with Crippen LogP contribution in [0.5, 0.6) is 0 Å². The van der Waals surface area contributed by atoms with Gasteiger partial charge in [-0.25, -0.2) is 4.79 Å². The van der Waals surface area contributed by atoms with Crippen LogP contribution in [0.1, 0.15) is 11.7 Å². The molecule has 0 aromatic heterocycles. The number of esters is 1. The second-order valence-electron chi connectivity index (χ2n) is 2.95. The summed E-state index contributed by atoms with van der Waals surface area (Å²) < 4.78 is 9.74. The van der Waals surface area contributed by atoms with Gasteiger partial charge in [0.05, 0.1) is 7.11 Å². The fourth-order valence-electron chi connectivity index (χ4n) is 1.20. The van der Waals surface area contributed by atoms with Crippen LogP contribution in [-0.4, -0.2) is 20.2 Å². The number of carbonyl (C=O) groups is 1.